The quantitative estimate of drug-likeness (QED) is 0.144. The number of anilines is 1. The van der Waals surface area contributed by atoms with Gasteiger partial charge in [0.05, 0.1) is 21.2 Å². The van der Waals surface area contributed by atoms with Gasteiger partial charge in [-0.3, -0.25) is 30.4 Å². The maximum atomic E-state index is 12.8. The Labute approximate surface area is 175 Å². The molecular weight excluding hydrogens is 404 g/mol. The minimum atomic E-state index is -0.541. The van der Waals surface area contributed by atoms with E-state index in [0.717, 1.165) is 0 Å². The summed E-state index contributed by atoms with van der Waals surface area (Å²) in [5.74, 6) is -0.788. The Morgan fingerprint density at radius 1 is 0.774 bits per heavy atom. The number of nitrogens with one attached hydrogen (secondary N) is 1. The first-order chi connectivity index (χ1) is 14.9. The van der Waals surface area contributed by atoms with E-state index in [9.17, 15) is 25.0 Å². The number of hydrazone groups is 1. The Kier molecular flexibility index (Phi) is 6.48. The molecular formula is C20H14N6O5. The number of amidine groups is 1. The zero-order valence-electron chi connectivity index (χ0n) is 15.8. The van der Waals surface area contributed by atoms with E-state index in [2.05, 4.69) is 20.8 Å². The van der Waals surface area contributed by atoms with Crippen molar-refractivity contribution in [2.24, 2.45) is 15.3 Å². The Morgan fingerprint density at radius 3 is 1.87 bits per heavy atom. The van der Waals surface area contributed by atoms with Gasteiger partial charge in [-0.25, -0.2) is 0 Å². The van der Waals surface area contributed by atoms with Crippen LogP contribution in [0.5, 0.6) is 0 Å². The maximum absolute atomic E-state index is 12.8. The molecule has 0 aliphatic rings. The average molecular weight is 418 g/mol. The van der Waals surface area contributed by atoms with Gasteiger partial charge in [0.25, 0.3) is 11.4 Å². The number of non-ortho nitro benzene ring substituents is 2. The van der Waals surface area contributed by atoms with E-state index in [4.69, 9.17) is 0 Å². The SMILES string of the molecule is O=C(/C(N=Nc1ccc([N+](=O)[O-])cc1)=N/Nc1ccc([N+](=O)[O-])cc1)c1ccccc1. The summed E-state index contributed by atoms with van der Waals surface area (Å²) in [7, 11) is 0. The lowest BCUT2D eigenvalue weighted by Gasteiger charge is -2.03. The number of carbonyl (C=O) groups excluding carboxylic acids is 1. The van der Waals surface area contributed by atoms with Gasteiger partial charge in [0, 0.05) is 29.8 Å². The van der Waals surface area contributed by atoms with Gasteiger partial charge >= 0.3 is 0 Å². The summed E-state index contributed by atoms with van der Waals surface area (Å²) in [5.41, 5.74) is 3.44. The summed E-state index contributed by atoms with van der Waals surface area (Å²) in [6.45, 7) is 0. The number of Topliss-reactive ketones (excluding diaryl/α,β-unsaturated/α-hetero) is 1. The van der Waals surface area contributed by atoms with Crippen LogP contribution in [0.25, 0.3) is 0 Å². The number of nitro groups is 2. The lowest BCUT2D eigenvalue weighted by Crippen LogP contribution is -2.13. The molecule has 11 nitrogen and oxygen atoms in total. The largest absolute Gasteiger partial charge is 0.285 e. The second kappa shape index (κ2) is 9.60. The molecule has 0 amide bonds. The van der Waals surface area contributed by atoms with Gasteiger partial charge in [0.1, 0.15) is 0 Å². The van der Waals surface area contributed by atoms with Crippen LogP contribution in [0.1, 0.15) is 10.4 Å². The predicted molar refractivity (Wildman–Crippen MR) is 113 cm³/mol. The van der Waals surface area contributed by atoms with Crippen LogP contribution in [0.2, 0.25) is 0 Å². The normalized spacial score (nSPS) is 11.3. The predicted octanol–water partition coefficient (Wildman–Crippen LogP) is 4.90. The van der Waals surface area contributed by atoms with E-state index in [1.165, 1.54) is 48.5 Å². The summed E-state index contributed by atoms with van der Waals surface area (Å²) >= 11 is 0. The molecule has 154 valence electrons. The second-order valence-electron chi connectivity index (χ2n) is 6.02. The molecule has 0 bridgehead atoms. The van der Waals surface area contributed by atoms with E-state index in [-0.39, 0.29) is 22.9 Å². The summed E-state index contributed by atoms with van der Waals surface area (Å²) in [4.78, 5) is 33.2. The molecule has 0 aliphatic heterocycles. The van der Waals surface area contributed by atoms with Gasteiger partial charge in [-0.2, -0.15) is 0 Å². The van der Waals surface area contributed by atoms with Crippen molar-refractivity contribution in [1.82, 2.24) is 0 Å². The highest BCUT2D eigenvalue weighted by molar-refractivity contribution is 6.45. The molecule has 1 N–H and O–H groups in total. The van der Waals surface area contributed by atoms with Crippen molar-refractivity contribution in [2.75, 3.05) is 5.43 Å². The zero-order chi connectivity index (χ0) is 22.2. The van der Waals surface area contributed by atoms with Crippen LogP contribution in [0.15, 0.2) is 94.2 Å². The molecule has 3 aromatic carbocycles. The molecule has 3 aromatic rings. The first-order valence-electron chi connectivity index (χ1n) is 8.78. The lowest BCUT2D eigenvalue weighted by atomic mass is 10.1. The molecule has 3 rings (SSSR count). The van der Waals surface area contributed by atoms with Crippen LogP contribution in [0.4, 0.5) is 22.7 Å². The van der Waals surface area contributed by atoms with Crippen molar-refractivity contribution in [3.05, 3.63) is 105 Å². The number of ketones is 1. The molecule has 0 aromatic heterocycles. The van der Waals surface area contributed by atoms with Crippen molar-refractivity contribution in [3.8, 4) is 0 Å². The van der Waals surface area contributed by atoms with Gasteiger partial charge in [0.15, 0.2) is 0 Å². The summed E-state index contributed by atoms with van der Waals surface area (Å²) < 4.78 is 0. The molecule has 0 saturated carbocycles. The van der Waals surface area contributed by atoms with Crippen molar-refractivity contribution in [1.29, 1.82) is 0 Å². The number of hydrogen-bond donors (Lipinski definition) is 1. The Bertz CT molecular complexity index is 1160. The number of nitro benzene ring substituents is 2. The second-order valence-corrected chi connectivity index (χ2v) is 6.02. The molecule has 0 atom stereocenters. The van der Waals surface area contributed by atoms with Crippen LogP contribution < -0.4 is 5.43 Å². The number of carbonyl (C=O) groups is 1. The third kappa shape index (κ3) is 5.60. The van der Waals surface area contributed by atoms with E-state index in [1.54, 1.807) is 30.3 Å². The number of nitrogens with zero attached hydrogens (tertiary/aromatic N) is 5. The fourth-order valence-electron chi connectivity index (χ4n) is 2.36. The highest BCUT2D eigenvalue weighted by Crippen LogP contribution is 2.19. The van der Waals surface area contributed by atoms with E-state index < -0.39 is 15.6 Å². The lowest BCUT2D eigenvalue weighted by molar-refractivity contribution is -0.385. The highest BCUT2D eigenvalue weighted by Gasteiger charge is 2.14. The molecule has 0 radical (unpaired) electrons. The van der Waals surface area contributed by atoms with Crippen LogP contribution in [-0.2, 0) is 0 Å². The Balaban J connectivity index is 1.86. The number of benzene rings is 3. The van der Waals surface area contributed by atoms with Crippen LogP contribution in [0, 0.1) is 20.2 Å². The topological polar surface area (TPSA) is 152 Å². The van der Waals surface area contributed by atoms with E-state index in [0.29, 0.717) is 11.3 Å². The van der Waals surface area contributed by atoms with Gasteiger partial charge in [-0.15, -0.1) is 15.3 Å². The maximum Gasteiger partial charge on any atom is 0.269 e. The van der Waals surface area contributed by atoms with Crippen LogP contribution in [0.3, 0.4) is 0 Å². The first kappa shape index (κ1) is 20.9. The number of azo groups is 1. The molecule has 0 spiro atoms. The fourth-order valence-corrected chi connectivity index (χ4v) is 2.36. The Morgan fingerprint density at radius 2 is 1.32 bits per heavy atom. The number of hydrogen-bond acceptors (Lipinski definition) is 8. The molecule has 0 unspecified atom stereocenters. The van der Waals surface area contributed by atoms with Crippen LogP contribution in [-0.4, -0.2) is 21.5 Å². The minimum Gasteiger partial charge on any atom is -0.285 e. The molecule has 0 heterocycles. The van der Waals surface area contributed by atoms with Gasteiger partial charge in [-0.1, -0.05) is 30.3 Å². The number of rotatable bonds is 7. The summed E-state index contributed by atoms with van der Waals surface area (Å²) in [6, 6.07) is 19.0. The van der Waals surface area contributed by atoms with Crippen molar-refractivity contribution >= 4 is 34.4 Å². The summed E-state index contributed by atoms with van der Waals surface area (Å²) in [6.07, 6.45) is 0. The fraction of sp³-hybridized carbons (Fsp3) is 0. The third-order valence-electron chi connectivity index (χ3n) is 3.93. The van der Waals surface area contributed by atoms with Crippen molar-refractivity contribution < 1.29 is 14.6 Å². The Hall–Kier alpha value is -4.80. The molecule has 0 saturated heterocycles. The van der Waals surface area contributed by atoms with E-state index in [1.807, 2.05) is 0 Å². The molecule has 0 aliphatic carbocycles. The van der Waals surface area contributed by atoms with Gasteiger partial charge in [0.2, 0.25) is 11.6 Å². The van der Waals surface area contributed by atoms with Crippen LogP contribution >= 0.6 is 0 Å². The smallest absolute Gasteiger partial charge is 0.269 e. The summed E-state index contributed by atoms with van der Waals surface area (Å²) in [5, 5.41) is 33.3. The first-order valence-corrected chi connectivity index (χ1v) is 8.78. The van der Waals surface area contributed by atoms with Gasteiger partial charge in [-0.05, 0) is 24.3 Å². The molecule has 11 heteroatoms. The van der Waals surface area contributed by atoms with Crippen molar-refractivity contribution in [3.63, 3.8) is 0 Å². The molecule has 0 fully saturated rings. The average Bonchev–Trinajstić information content (AvgIpc) is 2.80. The van der Waals surface area contributed by atoms with Gasteiger partial charge < -0.3 is 0 Å². The highest BCUT2D eigenvalue weighted by atomic mass is 16.6. The standard InChI is InChI=1S/C20H14N6O5/c27-19(14-4-2-1-3-5-14)20(23-21-15-6-10-17(11-7-15)25(28)29)24-22-16-8-12-18(13-9-16)26(30)31/h1-13,21H/b23-20-,24-22?. The van der Waals surface area contributed by atoms with E-state index >= 15 is 0 Å². The minimum absolute atomic E-state index is 0.0898. The monoisotopic (exact) mass is 418 g/mol. The molecule has 31 heavy (non-hydrogen) atoms. The van der Waals surface area contributed by atoms with Crippen molar-refractivity contribution in [2.45, 2.75) is 0 Å². The zero-order valence-corrected chi connectivity index (χ0v) is 15.8. The third-order valence-corrected chi connectivity index (χ3v) is 3.93.